The predicted octanol–water partition coefficient (Wildman–Crippen LogP) is 2.63. The highest BCUT2D eigenvalue weighted by atomic mass is 79.9. The number of hydrogen-bond acceptors (Lipinski definition) is 4. The minimum absolute atomic E-state index is 0.00685. The van der Waals surface area contributed by atoms with Crippen molar-refractivity contribution < 1.29 is 14.1 Å². The van der Waals surface area contributed by atoms with Crippen molar-refractivity contribution in [2.45, 2.75) is 18.9 Å². The van der Waals surface area contributed by atoms with Crippen molar-refractivity contribution in [3.05, 3.63) is 32.5 Å². The number of nitro benzene ring substituents is 1. The van der Waals surface area contributed by atoms with Gasteiger partial charge < -0.3 is 10.1 Å². The maximum absolute atomic E-state index is 13.4. The predicted molar refractivity (Wildman–Crippen MR) is 67.3 cm³/mol. The molecule has 0 bridgehead atoms. The van der Waals surface area contributed by atoms with Crippen LogP contribution in [0.5, 0.6) is 5.75 Å². The molecule has 0 radical (unpaired) electrons. The fourth-order valence-electron chi connectivity index (χ4n) is 1.85. The van der Waals surface area contributed by atoms with Gasteiger partial charge in [0.25, 0.3) is 0 Å². The molecule has 98 valence electrons. The molecule has 5 nitrogen and oxygen atoms in total. The van der Waals surface area contributed by atoms with Crippen LogP contribution in [0.2, 0.25) is 0 Å². The zero-order valence-corrected chi connectivity index (χ0v) is 11.1. The fourth-order valence-corrected chi connectivity index (χ4v) is 2.18. The number of ether oxygens (including phenoxy) is 1. The van der Waals surface area contributed by atoms with E-state index >= 15 is 0 Å². The molecule has 1 aromatic carbocycles. The topological polar surface area (TPSA) is 64.4 Å². The molecule has 0 aliphatic carbocycles. The first-order valence-corrected chi connectivity index (χ1v) is 6.38. The van der Waals surface area contributed by atoms with E-state index in [1.54, 1.807) is 0 Å². The van der Waals surface area contributed by atoms with Crippen LogP contribution in [-0.2, 0) is 0 Å². The van der Waals surface area contributed by atoms with E-state index in [9.17, 15) is 14.5 Å². The summed E-state index contributed by atoms with van der Waals surface area (Å²) in [5, 5.41) is 14.1. The van der Waals surface area contributed by atoms with Gasteiger partial charge in [-0.1, -0.05) is 0 Å². The summed E-state index contributed by atoms with van der Waals surface area (Å²) in [6.07, 6.45) is 1.41. The Kier molecular flexibility index (Phi) is 4.13. The summed E-state index contributed by atoms with van der Waals surface area (Å²) in [6.45, 7) is 1.61. The Labute approximate surface area is 112 Å². The summed E-state index contributed by atoms with van der Waals surface area (Å²) in [5.41, 5.74) is -0.221. The Morgan fingerprint density at radius 1 is 1.44 bits per heavy atom. The molecule has 0 unspecified atom stereocenters. The summed E-state index contributed by atoms with van der Waals surface area (Å²) in [7, 11) is 0. The van der Waals surface area contributed by atoms with Gasteiger partial charge in [0, 0.05) is 12.1 Å². The molecule has 0 aromatic heterocycles. The normalized spacial score (nSPS) is 16.6. The summed E-state index contributed by atoms with van der Waals surface area (Å²) >= 11 is 2.93. The molecule has 0 amide bonds. The van der Waals surface area contributed by atoms with Gasteiger partial charge in [-0.05, 0) is 41.9 Å². The fraction of sp³-hybridized carbons (Fsp3) is 0.455. The molecule has 1 aliphatic heterocycles. The van der Waals surface area contributed by atoms with Gasteiger partial charge in [-0.2, -0.15) is 0 Å². The molecule has 1 aliphatic rings. The number of nitrogens with zero attached hydrogens (tertiary/aromatic N) is 1. The molecular formula is C11H12BrFN2O3. The average molecular weight is 319 g/mol. The zero-order chi connectivity index (χ0) is 13.1. The number of rotatable bonds is 3. The highest BCUT2D eigenvalue weighted by molar-refractivity contribution is 9.10. The molecule has 0 atom stereocenters. The van der Waals surface area contributed by atoms with Crippen LogP contribution < -0.4 is 10.1 Å². The Morgan fingerprint density at radius 3 is 2.72 bits per heavy atom. The zero-order valence-electron chi connectivity index (χ0n) is 9.49. The minimum Gasteiger partial charge on any atom is -0.483 e. The van der Waals surface area contributed by atoms with Gasteiger partial charge in [-0.3, -0.25) is 10.1 Å². The second kappa shape index (κ2) is 5.62. The smallest absolute Gasteiger partial charge is 0.312 e. The second-order valence-corrected chi connectivity index (χ2v) is 4.91. The third kappa shape index (κ3) is 2.97. The van der Waals surface area contributed by atoms with E-state index in [1.165, 1.54) is 0 Å². The van der Waals surface area contributed by atoms with Crippen molar-refractivity contribution >= 4 is 21.6 Å². The van der Waals surface area contributed by atoms with Gasteiger partial charge in [-0.15, -0.1) is 0 Å². The maximum atomic E-state index is 13.4. The van der Waals surface area contributed by atoms with E-state index in [0.29, 0.717) is 0 Å². The van der Waals surface area contributed by atoms with Gasteiger partial charge >= 0.3 is 5.69 Å². The molecule has 7 heteroatoms. The molecule has 18 heavy (non-hydrogen) atoms. The minimum atomic E-state index is -0.569. The lowest BCUT2D eigenvalue weighted by molar-refractivity contribution is -0.386. The highest BCUT2D eigenvalue weighted by Crippen LogP contribution is 2.33. The SMILES string of the molecule is O=[N+]([O-])c1cc(Br)c(F)cc1OC1CCNCC1. The van der Waals surface area contributed by atoms with E-state index < -0.39 is 10.7 Å². The van der Waals surface area contributed by atoms with Crippen molar-refractivity contribution in [1.29, 1.82) is 0 Å². The van der Waals surface area contributed by atoms with Crippen molar-refractivity contribution in [1.82, 2.24) is 5.32 Å². The summed E-state index contributed by atoms with van der Waals surface area (Å²) < 4.78 is 19.0. The first kappa shape index (κ1) is 13.2. The van der Waals surface area contributed by atoms with E-state index in [-0.39, 0.29) is 22.0 Å². The number of nitro groups is 1. The molecule has 0 spiro atoms. The van der Waals surface area contributed by atoms with Crippen LogP contribution in [0.4, 0.5) is 10.1 Å². The van der Waals surface area contributed by atoms with Gasteiger partial charge in [0.15, 0.2) is 5.75 Å². The number of benzene rings is 1. The third-order valence-electron chi connectivity index (χ3n) is 2.78. The van der Waals surface area contributed by atoms with Gasteiger partial charge in [0.2, 0.25) is 0 Å². The first-order valence-electron chi connectivity index (χ1n) is 5.58. The largest absolute Gasteiger partial charge is 0.483 e. The molecule has 2 rings (SSSR count). The molecule has 1 fully saturated rings. The second-order valence-electron chi connectivity index (χ2n) is 4.06. The van der Waals surface area contributed by atoms with Crippen LogP contribution >= 0.6 is 15.9 Å². The van der Waals surface area contributed by atoms with Crippen molar-refractivity contribution in [2.75, 3.05) is 13.1 Å². The van der Waals surface area contributed by atoms with Crippen LogP contribution in [-0.4, -0.2) is 24.1 Å². The van der Waals surface area contributed by atoms with Crippen molar-refractivity contribution in [2.24, 2.45) is 0 Å². The lowest BCUT2D eigenvalue weighted by Crippen LogP contribution is -2.34. The number of nitrogens with one attached hydrogen (secondary N) is 1. The van der Waals surface area contributed by atoms with Crippen molar-refractivity contribution in [3.63, 3.8) is 0 Å². The summed E-state index contributed by atoms with van der Waals surface area (Å²) in [5.74, 6) is -0.572. The Hall–Kier alpha value is -1.21. The quantitative estimate of drug-likeness (QED) is 0.687. The standard InChI is InChI=1S/C11H12BrFN2O3/c12-8-5-10(15(16)17)11(6-9(8)13)18-7-1-3-14-4-2-7/h5-7,14H,1-4H2. The average Bonchev–Trinajstić information content (AvgIpc) is 2.34. The number of halogens is 2. The van der Waals surface area contributed by atoms with Crippen LogP contribution in [0.3, 0.4) is 0 Å². The third-order valence-corrected chi connectivity index (χ3v) is 3.39. The van der Waals surface area contributed by atoms with Crippen LogP contribution in [0.15, 0.2) is 16.6 Å². The van der Waals surface area contributed by atoms with E-state index in [1.807, 2.05) is 0 Å². The van der Waals surface area contributed by atoms with Crippen LogP contribution in [0, 0.1) is 15.9 Å². The molecule has 0 saturated carbocycles. The lowest BCUT2D eigenvalue weighted by Gasteiger charge is -2.23. The van der Waals surface area contributed by atoms with Gasteiger partial charge in [-0.25, -0.2) is 4.39 Å². The lowest BCUT2D eigenvalue weighted by atomic mass is 10.1. The Bertz CT molecular complexity index is 464. The molecule has 1 heterocycles. The van der Waals surface area contributed by atoms with Crippen LogP contribution in [0.1, 0.15) is 12.8 Å². The number of hydrogen-bond donors (Lipinski definition) is 1. The summed E-state index contributed by atoms with van der Waals surface area (Å²) in [4.78, 5) is 10.3. The molecule has 1 aromatic rings. The van der Waals surface area contributed by atoms with Gasteiger partial charge in [0.1, 0.15) is 11.9 Å². The highest BCUT2D eigenvalue weighted by Gasteiger charge is 2.23. The van der Waals surface area contributed by atoms with Crippen molar-refractivity contribution in [3.8, 4) is 5.75 Å². The van der Waals surface area contributed by atoms with E-state index in [0.717, 1.165) is 38.1 Å². The maximum Gasteiger partial charge on any atom is 0.312 e. The molecular weight excluding hydrogens is 307 g/mol. The first-order chi connectivity index (χ1) is 8.58. The Balaban J connectivity index is 2.24. The number of piperidine rings is 1. The molecule has 1 N–H and O–H groups in total. The Morgan fingerprint density at radius 2 is 2.11 bits per heavy atom. The van der Waals surface area contributed by atoms with Crippen LogP contribution in [0.25, 0.3) is 0 Å². The summed E-state index contributed by atoms with van der Waals surface area (Å²) in [6, 6.07) is 2.19. The van der Waals surface area contributed by atoms with E-state index in [2.05, 4.69) is 21.2 Å². The van der Waals surface area contributed by atoms with Gasteiger partial charge in [0.05, 0.1) is 9.40 Å². The monoisotopic (exact) mass is 318 g/mol. The van der Waals surface area contributed by atoms with E-state index in [4.69, 9.17) is 4.74 Å². The molecule has 1 saturated heterocycles.